The van der Waals surface area contributed by atoms with Crippen LogP contribution in [-0.4, -0.2) is 14.7 Å². The molecule has 7 heteroatoms. The Morgan fingerprint density at radius 3 is 2.72 bits per heavy atom. The number of aromatic nitrogens is 2. The van der Waals surface area contributed by atoms with Crippen molar-refractivity contribution < 1.29 is 4.92 Å². The molecule has 2 aromatic rings. The number of aryl methyl sites for hydroxylation is 1. The molecule has 0 radical (unpaired) electrons. The van der Waals surface area contributed by atoms with E-state index in [0.717, 1.165) is 0 Å². The molecule has 1 heterocycles. The van der Waals surface area contributed by atoms with E-state index in [2.05, 4.69) is 5.10 Å². The Morgan fingerprint density at radius 1 is 1.50 bits per heavy atom. The molecule has 1 aromatic heterocycles. The van der Waals surface area contributed by atoms with E-state index in [1.54, 1.807) is 19.1 Å². The van der Waals surface area contributed by atoms with Gasteiger partial charge in [-0.15, -0.1) is 0 Å². The first kappa shape index (κ1) is 12.1. The number of nitrogens with zero attached hydrogens (tertiary/aromatic N) is 4. The lowest BCUT2D eigenvalue weighted by Crippen LogP contribution is -2.01. The fourth-order valence-corrected chi connectivity index (χ4v) is 1.89. The molecular formula is C11H7ClN4O2. The number of rotatable bonds is 2. The number of nitro benzene ring substituents is 1. The highest BCUT2D eigenvalue weighted by molar-refractivity contribution is 6.31. The molecule has 6 nitrogen and oxygen atoms in total. The van der Waals surface area contributed by atoms with Crippen molar-refractivity contribution in [2.45, 2.75) is 6.92 Å². The predicted octanol–water partition coefficient (Wildman–Crippen LogP) is 2.61. The molecule has 0 aliphatic heterocycles. The van der Waals surface area contributed by atoms with Crippen molar-refractivity contribution in [2.75, 3.05) is 0 Å². The van der Waals surface area contributed by atoms with E-state index in [-0.39, 0.29) is 22.1 Å². The first-order chi connectivity index (χ1) is 8.56. The Labute approximate surface area is 107 Å². The largest absolute Gasteiger partial charge is 0.294 e. The van der Waals surface area contributed by atoms with E-state index >= 15 is 0 Å². The van der Waals surface area contributed by atoms with Crippen LogP contribution in [0.25, 0.3) is 5.69 Å². The SMILES string of the molecule is Cc1nn(-c2ccccc2[N+](=O)[O-])c(Cl)c1C#N. The molecule has 90 valence electrons. The third-order valence-corrected chi connectivity index (χ3v) is 2.77. The number of nitro groups is 1. The lowest BCUT2D eigenvalue weighted by atomic mass is 10.2. The number of para-hydroxylation sites is 2. The van der Waals surface area contributed by atoms with Gasteiger partial charge in [-0.05, 0) is 13.0 Å². The molecule has 2 rings (SSSR count). The van der Waals surface area contributed by atoms with Crippen molar-refractivity contribution in [3.05, 3.63) is 50.8 Å². The van der Waals surface area contributed by atoms with Gasteiger partial charge in [-0.2, -0.15) is 10.4 Å². The van der Waals surface area contributed by atoms with Gasteiger partial charge < -0.3 is 0 Å². The van der Waals surface area contributed by atoms with Gasteiger partial charge in [0.2, 0.25) is 0 Å². The molecule has 0 saturated heterocycles. The van der Waals surface area contributed by atoms with Crippen molar-refractivity contribution in [1.82, 2.24) is 9.78 Å². The van der Waals surface area contributed by atoms with Gasteiger partial charge in [0.05, 0.1) is 10.6 Å². The van der Waals surface area contributed by atoms with E-state index in [4.69, 9.17) is 16.9 Å². The lowest BCUT2D eigenvalue weighted by Gasteiger charge is -2.03. The Bertz CT molecular complexity index is 672. The van der Waals surface area contributed by atoms with Gasteiger partial charge in [-0.25, -0.2) is 4.68 Å². The van der Waals surface area contributed by atoms with Crippen LogP contribution < -0.4 is 0 Å². The fraction of sp³-hybridized carbons (Fsp3) is 0.0909. The summed E-state index contributed by atoms with van der Waals surface area (Å²) in [7, 11) is 0. The first-order valence-electron chi connectivity index (χ1n) is 4.95. The second-order valence-electron chi connectivity index (χ2n) is 3.52. The van der Waals surface area contributed by atoms with Gasteiger partial charge in [-0.1, -0.05) is 23.7 Å². The van der Waals surface area contributed by atoms with Crippen molar-refractivity contribution in [1.29, 1.82) is 5.26 Å². The second kappa shape index (κ2) is 4.47. The van der Waals surface area contributed by atoms with Crippen LogP contribution in [0.15, 0.2) is 24.3 Å². The molecule has 0 bridgehead atoms. The molecule has 0 saturated carbocycles. The van der Waals surface area contributed by atoms with E-state index in [1.165, 1.54) is 16.8 Å². The quantitative estimate of drug-likeness (QED) is 0.615. The highest BCUT2D eigenvalue weighted by Gasteiger charge is 2.20. The molecule has 0 aliphatic rings. The van der Waals surface area contributed by atoms with Crippen LogP contribution in [0.5, 0.6) is 0 Å². The fourth-order valence-electron chi connectivity index (χ4n) is 1.58. The van der Waals surface area contributed by atoms with E-state index < -0.39 is 4.92 Å². The van der Waals surface area contributed by atoms with Crippen molar-refractivity contribution in [2.24, 2.45) is 0 Å². The number of benzene rings is 1. The van der Waals surface area contributed by atoms with E-state index in [0.29, 0.717) is 5.69 Å². The van der Waals surface area contributed by atoms with Gasteiger partial charge in [-0.3, -0.25) is 10.1 Å². The standard InChI is InChI=1S/C11H7ClN4O2/c1-7-8(6-13)11(12)15(14-7)9-4-2-3-5-10(9)16(17)18/h2-5H,1H3. The van der Waals surface area contributed by atoms with Crippen molar-refractivity contribution in [3.8, 4) is 11.8 Å². The maximum absolute atomic E-state index is 10.9. The van der Waals surface area contributed by atoms with Gasteiger partial charge in [0, 0.05) is 6.07 Å². The van der Waals surface area contributed by atoms with Crippen molar-refractivity contribution in [3.63, 3.8) is 0 Å². The summed E-state index contributed by atoms with van der Waals surface area (Å²) in [6.45, 7) is 1.62. The third-order valence-electron chi connectivity index (χ3n) is 2.42. The van der Waals surface area contributed by atoms with Gasteiger partial charge >= 0.3 is 0 Å². The summed E-state index contributed by atoms with van der Waals surface area (Å²) in [4.78, 5) is 10.4. The number of hydrogen-bond acceptors (Lipinski definition) is 4. The zero-order valence-corrected chi connectivity index (χ0v) is 10.0. The minimum absolute atomic E-state index is 0.0734. The van der Waals surface area contributed by atoms with Crippen LogP contribution in [0.3, 0.4) is 0 Å². The van der Waals surface area contributed by atoms with E-state index in [1.807, 2.05) is 6.07 Å². The van der Waals surface area contributed by atoms with Crippen LogP contribution in [0.1, 0.15) is 11.3 Å². The lowest BCUT2D eigenvalue weighted by molar-refractivity contribution is -0.384. The maximum atomic E-state index is 10.9. The minimum Gasteiger partial charge on any atom is -0.258 e. The summed E-state index contributed by atoms with van der Waals surface area (Å²) in [5.41, 5.74) is 0.763. The first-order valence-corrected chi connectivity index (χ1v) is 5.33. The highest BCUT2D eigenvalue weighted by atomic mass is 35.5. The van der Waals surface area contributed by atoms with E-state index in [9.17, 15) is 10.1 Å². The average molecular weight is 263 g/mol. The number of halogens is 1. The van der Waals surface area contributed by atoms with Gasteiger partial charge in [0.1, 0.15) is 17.3 Å². The summed E-state index contributed by atoms with van der Waals surface area (Å²) in [5, 5.41) is 24.0. The molecule has 0 N–H and O–H groups in total. The average Bonchev–Trinajstić information content (AvgIpc) is 2.64. The molecule has 0 aliphatic carbocycles. The third kappa shape index (κ3) is 1.81. The highest BCUT2D eigenvalue weighted by Crippen LogP contribution is 2.28. The summed E-state index contributed by atoms with van der Waals surface area (Å²) in [6.07, 6.45) is 0. The summed E-state index contributed by atoms with van der Waals surface area (Å²) in [6, 6.07) is 7.99. The minimum atomic E-state index is -0.519. The topological polar surface area (TPSA) is 84.8 Å². The molecule has 0 atom stereocenters. The zero-order chi connectivity index (χ0) is 13.3. The van der Waals surface area contributed by atoms with Crippen LogP contribution in [-0.2, 0) is 0 Å². The number of hydrogen-bond donors (Lipinski definition) is 0. The molecule has 18 heavy (non-hydrogen) atoms. The molecule has 0 unspecified atom stereocenters. The van der Waals surface area contributed by atoms with Crippen LogP contribution in [0.2, 0.25) is 5.15 Å². The van der Waals surface area contributed by atoms with Crippen LogP contribution in [0.4, 0.5) is 5.69 Å². The van der Waals surface area contributed by atoms with Crippen molar-refractivity contribution >= 4 is 17.3 Å². The molecule has 0 amide bonds. The van der Waals surface area contributed by atoms with Crippen LogP contribution in [0, 0.1) is 28.4 Å². The van der Waals surface area contributed by atoms with Gasteiger partial charge in [0.25, 0.3) is 5.69 Å². The molecular weight excluding hydrogens is 256 g/mol. The summed E-state index contributed by atoms with van der Waals surface area (Å²) >= 11 is 6.00. The monoisotopic (exact) mass is 262 g/mol. The maximum Gasteiger partial charge on any atom is 0.294 e. The summed E-state index contributed by atoms with van der Waals surface area (Å²) < 4.78 is 1.20. The molecule has 1 aromatic carbocycles. The smallest absolute Gasteiger partial charge is 0.258 e. The second-order valence-corrected chi connectivity index (χ2v) is 3.88. The Balaban J connectivity index is 2.71. The molecule has 0 fully saturated rings. The molecule has 0 spiro atoms. The zero-order valence-electron chi connectivity index (χ0n) is 9.29. The Hall–Kier alpha value is -2.39. The summed E-state index contributed by atoms with van der Waals surface area (Å²) in [5.74, 6) is 0. The Kier molecular flexibility index (Phi) is 3.00. The van der Waals surface area contributed by atoms with Gasteiger partial charge in [0.15, 0.2) is 5.15 Å². The predicted molar refractivity (Wildman–Crippen MR) is 64.7 cm³/mol. The normalized spacial score (nSPS) is 10.1. The van der Waals surface area contributed by atoms with Crippen LogP contribution >= 0.6 is 11.6 Å². The number of nitriles is 1. The Morgan fingerprint density at radius 2 is 2.17 bits per heavy atom.